The van der Waals surface area contributed by atoms with Crippen LogP contribution in [0.15, 0.2) is 48.5 Å². The molecule has 0 unspecified atom stereocenters. The summed E-state index contributed by atoms with van der Waals surface area (Å²) in [5, 5.41) is 0. The second-order valence-corrected chi connectivity index (χ2v) is 12.2. The molecule has 0 aromatic heterocycles. The Morgan fingerprint density at radius 3 is 1.05 bits per heavy atom. The maximum absolute atomic E-state index is 14.9. The molecule has 2 aromatic rings. The summed E-state index contributed by atoms with van der Waals surface area (Å²) in [5.41, 5.74) is -9.60. The molecular weight excluding hydrogens is 524 g/mol. The SMILES string of the molecule is CC1(C)OB(c2cccc(C(c3cccc(B4OC(C)(C)C(C)(C)O4)c3)(C(F)(F)F)C(F)(F)F)c2)OC1(C)C. The number of hydrogen-bond donors (Lipinski definition) is 0. The first kappa shape index (κ1) is 30.0. The van der Waals surface area contributed by atoms with Gasteiger partial charge in [0.25, 0.3) is 0 Å². The van der Waals surface area contributed by atoms with Crippen molar-refractivity contribution in [3.8, 4) is 0 Å². The quantitative estimate of drug-likeness (QED) is 0.358. The maximum atomic E-state index is 14.9. The number of halogens is 6. The Labute approximate surface area is 225 Å². The number of benzene rings is 2. The van der Waals surface area contributed by atoms with Gasteiger partial charge in [0.2, 0.25) is 5.41 Å². The lowest BCUT2D eigenvalue weighted by Gasteiger charge is -2.38. The maximum Gasteiger partial charge on any atom is 0.494 e. The van der Waals surface area contributed by atoms with Gasteiger partial charge in [-0.25, -0.2) is 0 Å². The zero-order valence-corrected chi connectivity index (χ0v) is 23.2. The molecule has 4 nitrogen and oxygen atoms in total. The third-order valence-electron chi connectivity index (χ3n) is 8.54. The van der Waals surface area contributed by atoms with Crippen molar-refractivity contribution in [3.63, 3.8) is 0 Å². The molecule has 0 amide bonds. The summed E-state index contributed by atoms with van der Waals surface area (Å²) in [6.45, 7) is 14.0. The highest BCUT2D eigenvalue weighted by Crippen LogP contribution is 2.56. The molecule has 39 heavy (non-hydrogen) atoms. The molecule has 2 fully saturated rings. The van der Waals surface area contributed by atoms with Crippen LogP contribution >= 0.6 is 0 Å². The topological polar surface area (TPSA) is 36.9 Å². The van der Waals surface area contributed by atoms with Gasteiger partial charge in [0.05, 0.1) is 22.4 Å². The van der Waals surface area contributed by atoms with Crippen molar-refractivity contribution < 1.29 is 45.0 Å². The molecule has 0 atom stereocenters. The number of hydrogen-bond acceptors (Lipinski definition) is 4. The third-order valence-corrected chi connectivity index (χ3v) is 8.54. The Bertz CT molecular complexity index is 1110. The molecule has 2 heterocycles. The van der Waals surface area contributed by atoms with Crippen molar-refractivity contribution in [2.45, 2.75) is 95.6 Å². The predicted octanol–water partition coefficient (Wildman–Crippen LogP) is 5.70. The lowest BCUT2D eigenvalue weighted by Crippen LogP contribution is -2.55. The monoisotopic (exact) mass is 556 g/mol. The van der Waals surface area contributed by atoms with Crippen LogP contribution in [0.4, 0.5) is 26.3 Å². The standard InChI is InChI=1S/C27H32B2F6O4/c1-21(2)22(3,4)37-28(36-21)19-13-9-11-17(15-19)25(26(30,31)32,27(33,34)35)18-12-10-14-20(16-18)29-38-23(5,6)24(7,8)39-29/h9-16H,1-8H3. The summed E-state index contributed by atoms with van der Waals surface area (Å²) < 4.78 is 113. The van der Waals surface area contributed by atoms with E-state index in [2.05, 4.69) is 0 Å². The number of rotatable bonds is 4. The minimum atomic E-state index is -5.76. The molecule has 0 saturated carbocycles. The summed E-state index contributed by atoms with van der Waals surface area (Å²) in [6, 6.07) is 8.48. The van der Waals surface area contributed by atoms with E-state index in [9.17, 15) is 26.3 Å². The summed E-state index contributed by atoms with van der Waals surface area (Å²) in [4.78, 5) is 0. The fourth-order valence-corrected chi connectivity index (χ4v) is 4.78. The molecule has 0 N–H and O–H groups in total. The largest absolute Gasteiger partial charge is 0.494 e. The first-order chi connectivity index (χ1) is 17.6. The average Bonchev–Trinajstić information content (AvgIpc) is 3.12. The predicted molar refractivity (Wildman–Crippen MR) is 137 cm³/mol. The summed E-state index contributed by atoms with van der Waals surface area (Å²) in [6.07, 6.45) is -11.5. The van der Waals surface area contributed by atoms with Gasteiger partial charge in [0.1, 0.15) is 0 Å². The van der Waals surface area contributed by atoms with E-state index in [1.807, 2.05) is 0 Å². The fraction of sp³-hybridized carbons (Fsp3) is 0.556. The van der Waals surface area contributed by atoms with Crippen LogP contribution in [-0.2, 0) is 24.0 Å². The first-order valence-electron chi connectivity index (χ1n) is 12.6. The Kier molecular flexibility index (Phi) is 6.91. The smallest absolute Gasteiger partial charge is 0.399 e. The van der Waals surface area contributed by atoms with E-state index in [1.165, 1.54) is 12.1 Å². The van der Waals surface area contributed by atoms with Gasteiger partial charge >= 0.3 is 26.6 Å². The van der Waals surface area contributed by atoms with Crippen molar-refractivity contribution in [1.29, 1.82) is 0 Å². The fourth-order valence-electron chi connectivity index (χ4n) is 4.78. The van der Waals surface area contributed by atoms with E-state index < -0.39 is 65.5 Å². The van der Waals surface area contributed by atoms with Crippen LogP contribution in [0.5, 0.6) is 0 Å². The van der Waals surface area contributed by atoms with Crippen LogP contribution in [-0.4, -0.2) is 49.0 Å². The lowest BCUT2D eigenvalue weighted by molar-refractivity contribution is -0.288. The van der Waals surface area contributed by atoms with Crippen LogP contribution in [0.3, 0.4) is 0 Å². The van der Waals surface area contributed by atoms with Crippen LogP contribution in [0.2, 0.25) is 0 Å². The Balaban J connectivity index is 1.88. The zero-order valence-electron chi connectivity index (χ0n) is 23.2. The van der Waals surface area contributed by atoms with Crippen LogP contribution < -0.4 is 10.9 Å². The molecule has 2 aliphatic rings. The summed E-state index contributed by atoms with van der Waals surface area (Å²) >= 11 is 0. The molecular formula is C27H32B2F6O4. The molecule has 212 valence electrons. The van der Waals surface area contributed by atoms with Gasteiger partial charge in [-0.2, -0.15) is 26.3 Å². The molecule has 0 aliphatic carbocycles. The second-order valence-electron chi connectivity index (χ2n) is 12.2. The van der Waals surface area contributed by atoms with Gasteiger partial charge in [-0.3, -0.25) is 0 Å². The molecule has 12 heteroatoms. The zero-order chi connectivity index (χ0) is 29.4. The van der Waals surface area contributed by atoms with E-state index in [4.69, 9.17) is 18.6 Å². The highest BCUT2D eigenvalue weighted by atomic mass is 19.4. The highest BCUT2D eigenvalue weighted by Gasteiger charge is 2.72. The van der Waals surface area contributed by atoms with Crippen molar-refractivity contribution in [2.24, 2.45) is 0 Å². The Morgan fingerprint density at radius 1 is 0.513 bits per heavy atom. The van der Waals surface area contributed by atoms with E-state index in [0.717, 1.165) is 36.4 Å². The normalized spacial score (nSPS) is 22.4. The van der Waals surface area contributed by atoms with E-state index in [-0.39, 0.29) is 10.9 Å². The van der Waals surface area contributed by atoms with E-state index in [0.29, 0.717) is 0 Å². The molecule has 2 aromatic carbocycles. The minimum Gasteiger partial charge on any atom is -0.399 e. The molecule has 0 bridgehead atoms. The van der Waals surface area contributed by atoms with Gasteiger partial charge in [0.15, 0.2) is 0 Å². The minimum absolute atomic E-state index is 0.0474. The van der Waals surface area contributed by atoms with Crippen LogP contribution in [0, 0.1) is 0 Å². The second kappa shape index (κ2) is 8.99. The summed E-state index contributed by atoms with van der Waals surface area (Å²) in [7, 11) is -2.30. The third kappa shape index (κ3) is 4.71. The van der Waals surface area contributed by atoms with Gasteiger partial charge in [0, 0.05) is 0 Å². The van der Waals surface area contributed by atoms with E-state index >= 15 is 0 Å². The average molecular weight is 556 g/mol. The van der Waals surface area contributed by atoms with Crippen molar-refractivity contribution in [1.82, 2.24) is 0 Å². The van der Waals surface area contributed by atoms with Crippen molar-refractivity contribution in [3.05, 3.63) is 59.7 Å². The molecule has 0 radical (unpaired) electrons. The van der Waals surface area contributed by atoms with Crippen molar-refractivity contribution in [2.75, 3.05) is 0 Å². The van der Waals surface area contributed by atoms with Gasteiger partial charge < -0.3 is 18.6 Å². The molecule has 2 saturated heterocycles. The molecule has 0 spiro atoms. The lowest BCUT2D eigenvalue weighted by atomic mass is 9.68. The van der Waals surface area contributed by atoms with E-state index in [1.54, 1.807) is 55.4 Å². The van der Waals surface area contributed by atoms with Gasteiger partial charge in [-0.05, 0) is 77.4 Å². The van der Waals surface area contributed by atoms with Gasteiger partial charge in [-0.1, -0.05) is 48.5 Å². The van der Waals surface area contributed by atoms with Crippen molar-refractivity contribution >= 4 is 25.2 Å². The van der Waals surface area contributed by atoms with Crippen LogP contribution in [0.1, 0.15) is 66.5 Å². The number of alkyl halides is 6. The van der Waals surface area contributed by atoms with Gasteiger partial charge in [-0.15, -0.1) is 0 Å². The highest BCUT2D eigenvalue weighted by molar-refractivity contribution is 6.62. The molecule has 2 aliphatic heterocycles. The Morgan fingerprint density at radius 2 is 0.795 bits per heavy atom. The van der Waals surface area contributed by atoms with Crippen LogP contribution in [0.25, 0.3) is 0 Å². The summed E-state index contributed by atoms with van der Waals surface area (Å²) in [5.74, 6) is 0. The molecule has 4 rings (SSSR count). The Hall–Kier alpha value is -2.01. The first-order valence-corrected chi connectivity index (χ1v) is 12.6.